The summed E-state index contributed by atoms with van der Waals surface area (Å²) in [5.74, 6) is 2.36. The molecule has 0 aliphatic carbocycles. The minimum Gasteiger partial charge on any atom is -0.481 e. The second-order valence-corrected chi connectivity index (χ2v) is 5.14. The van der Waals surface area contributed by atoms with E-state index < -0.39 is 5.97 Å². The van der Waals surface area contributed by atoms with Crippen molar-refractivity contribution in [2.24, 2.45) is 5.92 Å². The molecule has 0 aromatic rings. The molecule has 0 rings (SSSR count). The van der Waals surface area contributed by atoms with E-state index in [0.717, 1.165) is 18.1 Å². The highest BCUT2D eigenvalue weighted by Gasteiger charge is 2.05. The molecule has 90 valence electrons. The Hall–Kier alpha value is -0.180. The van der Waals surface area contributed by atoms with Gasteiger partial charge in [-0.05, 0) is 30.3 Å². The van der Waals surface area contributed by atoms with Gasteiger partial charge in [0.05, 0.1) is 0 Å². The molecule has 0 spiro atoms. The van der Waals surface area contributed by atoms with Crippen molar-refractivity contribution >= 4 is 17.7 Å². The standard InChI is InChI=1S/C12H24O2S/c1-3-5-7-11(4-2)10-15-9-6-8-12(13)14/h11H,3-10H2,1-2H3,(H,13,14). The molecule has 0 saturated carbocycles. The number of carboxylic acid groups (broad SMARTS) is 1. The zero-order valence-corrected chi connectivity index (χ0v) is 10.8. The van der Waals surface area contributed by atoms with Gasteiger partial charge in [0, 0.05) is 6.42 Å². The maximum absolute atomic E-state index is 10.3. The lowest BCUT2D eigenvalue weighted by Crippen LogP contribution is -2.03. The molecule has 0 bridgehead atoms. The van der Waals surface area contributed by atoms with Gasteiger partial charge in [0.1, 0.15) is 0 Å². The largest absolute Gasteiger partial charge is 0.481 e. The number of unbranched alkanes of at least 4 members (excludes halogenated alkanes) is 1. The molecule has 0 aromatic heterocycles. The summed E-state index contributed by atoms with van der Waals surface area (Å²) in [6, 6.07) is 0. The molecule has 0 aromatic carbocycles. The smallest absolute Gasteiger partial charge is 0.303 e. The zero-order chi connectivity index (χ0) is 11.5. The van der Waals surface area contributed by atoms with Gasteiger partial charge in [0.2, 0.25) is 0 Å². The van der Waals surface area contributed by atoms with Gasteiger partial charge in [-0.15, -0.1) is 0 Å². The Balaban J connectivity index is 3.33. The van der Waals surface area contributed by atoms with E-state index in [-0.39, 0.29) is 0 Å². The molecule has 1 atom stereocenters. The second kappa shape index (κ2) is 10.3. The molecular weight excluding hydrogens is 208 g/mol. The van der Waals surface area contributed by atoms with Gasteiger partial charge in [-0.3, -0.25) is 4.79 Å². The minimum absolute atomic E-state index is 0.318. The molecule has 0 aliphatic heterocycles. The average Bonchev–Trinajstić information content (AvgIpc) is 2.21. The fourth-order valence-electron chi connectivity index (χ4n) is 1.47. The van der Waals surface area contributed by atoms with E-state index in [0.29, 0.717) is 6.42 Å². The first kappa shape index (κ1) is 14.8. The highest BCUT2D eigenvalue weighted by atomic mass is 32.2. The Morgan fingerprint density at radius 1 is 1.33 bits per heavy atom. The monoisotopic (exact) mass is 232 g/mol. The summed E-state index contributed by atoms with van der Waals surface area (Å²) in [6.07, 6.45) is 6.32. The van der Waals surface area contributed by atoms with Crippen molar-refractivity contribution in [2.75, 3.05) is 11.5 Å². The minimum atomic E-state index is -0.673. The van der Waals surface area contributed by atoms with Gasteiger partial charge < -0.3 is 5.11 Å². The molecule has 1 unspecified atom stereocenters. The molecule has 0 fully saturated rings. The second-order valence-electron chi connectivity index (χ2n) is 3.99. The highest BCUT2D eigenvalue weighted by molar-refractivity contribution is 7.99. The summed E-state index contributed by atoms with van der Waals surface area (Å²) in [4.78, 5) is 10.3. The van der Waals surface area contributed by atoms with Gasteiger partial charge in [-0.2, -0.15) is 11.8 Å². The molecule has 3 heteroatoms. The van der Waals surface area contributed by atoms with E-state index >= 15 is 0 Å². The van der Waals surface area contributed by atoms with Crippen molar-refractivity contribution in [3.8, 4) is 0 Å². The lowest BCUT2D eigenvalue weighted by Gasteiger charge is -2.13. The first-order chi connectivity index (χ1) is 7.20. The van der Waals surface area contributed by atoms with Gasteiger partial charge >= 0.3 is 5.97 Å². The van der Waals surface area contributed by atoms with Crippen LogP contribution in [0.25, 0.3) is 0 Å². The summed E-state index contributed by atoms with van der Waals surface area (Å²) in [7, 11) is 0. The Morgan fingerprint density at radius 2 is 2.07 bits per heavy atom. The van der Waals surface area contributed by atoms with Crippen LogP contribution in [0.15, 0.2) is 0 Å². The van der Waals surface area contributed by atoms with E-state index in [2.05, 4.69) is 13.8 Å². The topological polar surface area (TPSA) is 37.3 Å². The summed E-state index contributed by atoms with van der Waals surface area (Å²) in [6.45, 7) is 4.48. The lowest BCUT2D eigenvalue weighted by molar-refractivity contribution is -0.137. The Morgan fingerprint density at radius 3 is 2.60 bits per heavy atom. The lowest BCUT2D eigenvalue weighted by atomic mass is 10.0. The van der Waals surface area contributed by atoms with Crippen molar-refractivity contribution < 1.29 is 9.90 Å². The van der Waals surface area contributed by atoms with Gasteiger partial charge in [0.15, 0.2) is 0 Å². The van der Waals surface area contributed by atoms with Crippen LogP contribution in [0.2, 0.25) is 0 Å². The van der Waals surface area contributed by atoms with Crippen LogP contribution in [-0.4, -0.2) is 22.6 Å². The highest BCUT2D eigenvalue weighted by Crippen LogP contribution is 2.19. The molecule has 0 aliphatic rings. The fraction of sp³-hybridized carbons (Fsp3) is 0.917. The number of thioether (sulfide) groups is 1. The van der Waals surface area contributed by atoms with Crippen LogP contribution in [0, 0.1) is 5.92 Å². The molecule has 0 radical (unpaired) electrons. The first-order valence-corrected chi connectivity index (χ1v) is 7.15. The SMILES string of the molecule is CCCCC(CC)CSCCCC(=O)O. The molecule has 0 heterocycles. The van der Waals surface area contributed by atoms with Crippen molar-refractivity contribution in [2.45, 2.75) is 52.4 Å². The van der Waals surface area contributed by atoms with E-state index in [1.165, 1.54) is 31.4 Å². The zero-order valence-electron chi connectivity index (χ0n) is 10.00. The van der Waals surface area contributed by atoms with Crippen LogP contribution >= 0.6 is 11.8 Å². The van der Waals surface area contributed by atoms with Crippen molar-refractivity contribution in [3.63, 3.8) is 0 Å². The Labute approximate surface area is 97.8 Å². The number of aliphatic carboxylic acids is 1. The molecular formula is C12H24O2S. The maximum atomic E-state index is 10.3. The van der Waals surface area contributed by atoms with E-state index in [1.54, 1.807) is 0 Å². The van der Waals surface area contributed by atoms with Crippen molar-refractivity contribution in [1.82, 2.24) is 0 Å². The number of carbonyl (C=O) groups is 1. The third kappa shape index (κ3) is 10.1. The number of hydrogen-bond acceptors (Lipinski definition) is 2. The van der Waals surface area contributed by atoms with E-state index in [4.69, 9.17) is 5.11 Å². The van der Waals surface area contributed by atoms with Crippen LogP contribution in [-0.2, 0) is 4.79 Å². The van der Waals surface area contributed by atoms with Gasteiger partial charge in [-0.25, -0.2) is 0 Å². The third-order valence-corrected chi connectivity index (χ3v) is 3.86. The van der Waals surface area contributed by atoms with Crippen LogP contribution in [0.3, 0.4) is 0 Å². The van der Waals surface area contributed by atoms with Crippen molar-refractivity contribution in [1.29, 1.82) is 0 Å². The van der Waals surface area contributed by atoms with Crippen LogP contribution in [0.4, 0.5) is 0 Å². The fourth-order valence-corrected chi connectivity index (χ4v) is 2.72. The molecule has 15 heavy (non-hydrogen) atoms. The third-order valence-electron chi connectivity index (χ3n) is 2.58. The maximum Gasteiger partial charge on any atom is 0.303 e. The predicted octanol–water partition coefficient (Wildman–Crippen LogP) is 3.80. The molecule has 0 saturated heterocycles. The van der Waals surface area contributed by atoms with Gasteiger partial charge in [-0.1, -0.05) is 33.1 Å². The van der Waals surface area contributed by atoms with Crippen molar-refractivity contribution in [3.05, 3.63) is 0 Å². The van der Waals surface area contributed by atoms with Crippen LogP contribution in [0.5, 0.6) is 0 Å². The van der Waals surface area contributed by atoms with Crippen LogP contribution < -0.4 is 0 Å². The summed E-state index contributed by atoms with van der Waals surface area (Å²) >= 11 is 1.92. The summed E-state index contributed by atoms with van der Waals surface area (Å²) < 4.78 is 0. The Kier molecular flexibility index (Phi) is 10.2. The Bertz CT molecular complexity index is 160. The molecule has 0 amide bonds. The van der Waals surface area contributed by atoms with E-state index in [9.17, 15) is 4.79 Å². The molecule has 2 nitrogen and oxygen atoms in total. The van der Waals surface area contributed by atoms with Gasteiger partial charge in [0.25, 0.3) is 0 Å². The van der Waals surface area contributed by atoms with E-state index in [1.807, 2.05) is 11.8 Å². The normalized spacial score (nSPS) is 12.7. The first-order valence-electron chi connectivity index (χ1n) is 6.00. The number of rotatable bonds is 10. The predicted molar refractivity (Wildman–Crippen MR) is 67.5 cm³/mol. The van der Waals surface area contributed by atoms with Crippen LogP contribution in [0.1, 0.15) is 52.4 Å². The number of hydrogen-bond donors (Lipinski definition) is 1. The summed E-state index contributed by atoms with van der Waals surface area (Å²) in [5, 5.41) is 8.48. The summed E-state index contributed by atoms with van der Waals surface area (Å²) in [5.41, 5.74) is 0. The molecule has 1 N–H and O–H groups in total. The average molecular weight is 232 g/mol. The quantitative estimate of drug-likeness (QED) is 0.582. The number of carboxylic acids is 1.